The molecule has 0 unspecified atom stereocenters. The van der Waals surface area contributed by atoms with Crippen LogP contribution in [0, 0.1) is 6.92 Å². The first-order valence-corrected chi connectivity index (χ1v) is 7.94. The van der Waals surface area contributed by atoms with Crippen molar-refractivity contribution in [3.63, 3.8) is 0 Å². The number of esters is 1. The van der Waals surface area contributed by atoms with Gasteiger partial charge in [0.05, 0.1) is 0 Å². The second kappa shape index (κ2) is 6.54. The average Bonchev–Trinajstić information content (AvgIpc) is 3.19. The Morgan fingerprint density at radius 1 is 1.39 bits per heavy atom. The summed E-state index contributed by atoms with van der Waals surface area (Å²) < 4.78 is 16.5. The lowest BCUT2D eigenvalue weighted by molar-refractivity contribution is 0.0694. The second-order valence-electron chi connectivity index (χ2n) is 6.14. The predicted octanol–water partition coefficient (Wildman–Crippen LogP) is 4.18. The normalized spacial score (nSPS) is 17.7. The summed E-state index contributed by atoms with van der Waals surface area (Å²) in [4.78, 5) is 16.5. The molecule has 5 nitrogen and oxygen atoms in total. The molecular formula is C18H21NO4. The molecule has 0 aliphatic carbocycles. The SMILES string of the molecule is Cc1ccc(C(C)C)cc1OC(=O)c1ncoc1[C@H]1CCCO1. The van der Waals surface area contributed by atoms with Crippen molar-refractivity contribution in [3.8, 4) is 5.75 Å². The lowest BCUT2D eigenvalue weighted by atomic mass is 10.0. The van der Waals surface area contributed by atoms with Crippen molar-refractivity contribution < 1.29 is 18.7 Å². The fourth-order valence-corrected chi connectivity index (χ4v) is 2.66. The van der Waals surface area contributed by atoms with E-state index >= 15 is 0 Å². The Labute approximate surface area is 135 Å². The summed E-state index contributed by atoms with van der Waals surface area (Å²) in [5.41, 5.74) is 2.23. The number of aryl methyl sites for hydroxylation is 1. The molecule has 0 radical (unpaired) electrons. The van der Waals surface area contributed by atoms with E-state index in [-0.39, 0.29) is 11.8 Å². The number of hydrogen-bond donors (Lipinski definition) is 0. The molecule has 2 heterocycles. The predicted molar refractivity (Wildman–Crippen MR) is 84.7 cm³/mol. The summed E-state index contributed by atoms with van der Waals surface area (Å²) >= 11 is 0. The largest absolute Gasteiger partial charge is 0.445 e. The molecule has 2 aromatic rings. The summed E-state index contributed by atoms with van der Waals surface area (Å²) in [6, 6.07) is 5.91. The lowest BCUT2D eigenvalue weighted by Crippen LogP contribution is -2.13. The van der Waals surface area contributed by atoms with Crippen molar-refractivity contribution in [2.24, 2.45) is 0 Å². The maximum Gasteiger partial charge on any atom is 0.366 e. The number of oxazole rings is 1. The topological polar surface area (TPSA) is 61.6 Å². The highest BCUT2D eigenvalue weighted by Gasteiger charge is 2.29. The first-order valence-electron chi connectivity index (χ1n) is 7.94. The number of nitrogens with zero attached hydrogens (tertiary/aromatic N) is 1. The number of aromatic nitrogens is 1. The van der Waals surface area contributed by atoms with Gasteiger partial charge in [-0.15, -0.1) is 0 Å². The minimum atomic E-state index is -0.506. The van der Waals surface area contributed by atoms with Crippen LogP contribution >= 0.6 is 0 Å². The zero-order chi connectivity index (χ0) is 16.4. The van der Waals surface area contributed by atoms with E-state index in [1.54, 1.807) is 0 Å². The van der Waals surface area contributed by atoms with Crippen LogP contribution in [-0.2, 0) is 4.74 Å². The van der Waals surface area contributed by atoms with Crippen LogP contribution in [-0.4, -0.2) is 17.6 Å². The van der Waals surface area contributed by atoms with Crippen LogP contribution in [0.3, 0.4) is 0 Å². The highest BCUT2D eigenvalue weighted by Crippen LogP contribution is 2.31. The summed E-state index contributed by atoms with van der Waals surface area (Å²) in [6.45, 7) is 6.79. The molecule has 122 valence electrons. The first kappa shape index (κ1) is 15.7. The van der Waals surface area contributed by atoms with E-state index in [0.717, 1.165) is 24.0 Å². The Bertz CT molecular complexity index is 699. The van der Waals surface area contributed by atoms with E-state index in [1.165, 1.54) is 6.39 Å². The number of benzene rings is 1. The molecule has 1 aromatic carbocycles. The van der Waals surface area contributed by atoms with Crippen molar-refractivity contribution in [3.05, 3.63) is 47.2 Å². The Balaban J connectivity index is 1.82. The van der Waals surface area contributed by atoms with Crippen LogP contribution < -0.4 is 4.74 Å². The molecule has 3 rings (SSSR count). The van der Waals surface area contributed by atoms with Gasteiger partial charge in [-0.1, -0.05) is 26.0 Å². The molecule has 0 spiro atoms. The second-order valence-corrected chi connectivity index (χ2v) is 6.14. The smallest absolute Gasteiger partial charge is 0.366 e. The van der Waals surface area contributed by atoms with Crippen molar-refractivity contribution in [2.75, 3.05) is 6.61 Å². The fraction of sp³-hybridized carbons (Fsp3) is 0.444. The van der Waals surface area contributed by atoms with Gasteiger partial charge in [0.1, 0.15) is 11.9 Å². The Hall–Kier alpha value is -2.14. The quantitative estimate of drug-likeness (QED) is 0.625. The summed E-state index contributed by atoms with van der Waals surface area (Å²) in [6.07, 6.45) is 2.85. The molecule has 1 saturated heterocycles. The van der Waals surface area contributed by atoms with Crippen LogP contribution in [0.25, 0.3) is 0 Å². The maximum atomic E-state index is 12.5. The highest BCUT2D eigenvalue weighted by atomic mass is 16.5. The number of carbonyl (C=O) groups excluding carboxylic acids is 1. The van der Waals surface area contributed by atoms with Gasteiger partial charge in [0.2, 0.25) is 0 Å². The van der Waals surface area contributed by atoms with Crippen molar-refractivity contribution in [1.82, 2.24) is 4.98 Å². The Kier molecular flexibility index (Phi) is 4.48. The molecule has 0 bridgehead atoms. The molecule has 1 aliphatic heterocycles. The van der Waals surface area contributed by atoms with Crippen LogP contribution in [0.15, 0.2) is 29.0 Å². The number of rotatable bonds is 4. The molecule has 23 heavy (non-hydrogen) atoms. The van der Waals surface area contributed by atoms with Crippen LogP contribution in [0.2, 0.25) is 0 Å². The zero-order valence-electron chi connectivity index (χ0n) is 13.7. The zero-order valence-corrected chi connectivity index (χ0v) is 13.7. The molecule has 0 saturated carbocycles. The van der Waals surface area contributed by atoms with Crippen LogP contribution in [0.1, 0.15) is 66.1 Å². The average molecular weight is 315 g/mol. The minimum Gasteiger partial charge on any atom is -0.445 e. The van der Waals surface area contributed by atoms with Gasteiger partial charge >= 0.3 is 5.97 Å². The van der Waals surface area contributed by atoms with E-state index in [1.807, 2.05) is 25.1 Å². The van der Waals surface area contributed by atoms with E-state index in [4.69, 9.17) is 13.9 Å². The first-order chi connectivity index (χ1) is 11.1. The molecule has 1 aliphatic rings. The van der Waals surface area contributed by atoms with Gasteiger partial charge in [0, 0.05) is 6.61 Å². The van der Waals surface area contributed by atoms with E-state index in [0.29, 0.717) is 24.0 Å². The summed E-state index contributed by atoms with van der Waals surface area (Å²) in [7, 11) is 0. The molecule has 0 amide bonds. The van der Waals surface area contributed by atoms with Crippen molar-refractivity contribution in [1.29, 1.82) is 0 Å². The van der Waals surface area contributed by atoms with Gasteiger partial charge in [-0.25, -0.2) is 9.78 Å². The molecule has 1 aromatic heterocycles. The molecule has 1 atom stereocenters. The van der Waals surface area contributed by atoms with Crippen LogP contribution in [0.4, 0.5) is 0 Å². The monoisotopic (exact) mass is 315 g/mol. The van der Waals surface area contributed by atoms with Gasteiger partial charge in [0.25, 0.3) is 0 Å². The van der Waals surface area contributed by atoms with Crippen molar-refractivity contribution >= 4 is 5.97 Å². The third kappa shape index (κ3) is 3.29. The third-order valence-corrected chi connectivity index (χ3v) is 4.09. The number of hydrogen-bond acceptors (Lipinski definition) is 5. The highest BCUT2D eigenvalue weighted by molar-refractivity contribution is 5.90. The minimum absolute atomic E-state index is 0.200. The lowest BCUT2D eigenvalue weighted by Gasteiger charge is -2.12. The van der Waals surface area contributed by atoms with Gasteiger partial charge in [-0.2, -0.15) is 0 Å². The Morgan fingerprint density at radius 2 is 2.22 bits per heavy atom. The fourth-order valence-electron chi connectivity index (χ4n) is 2.66. The van der Waals surface area contributed by atoms with Gasteiger partial charge in [-0.3, -0.25) is 0 Å². The molecule has 0 N–H and O–H groups in total. The Morgan fingerprint density at radius 3 is 2.91 bits per heavy atom. The van der Waals surface area contributed by atoms with E-state index in [9.17, 15) is 4.79 Å². The summed E-state index contributed by atoms with van der Waals surface area (Å²) in [5, 5.41) is 0. The standard InChI is InChI=1S/C18H21NO4/c1-11(2)13-7-6-12(3)15(9-13)23-18(20)16-17(22-10-19-16)14-5-4-8-21-14/h6-7,9-11,14H,4-5,8H2,1-3H3/t14-/m1/s1. The summed E-state index contributed by atoms with van der Waals surface area (Å²) in [5.74, 6) is 0.878. The van der Waals surface area contributed by atoms with Crippen molar-refractivity contribution in [2.45, 2.75) is 45.6 Å². The van der Waals surface area contributed by atoms with Gasteiger partial charge in [-0.05, 0) is 42.9 Å². The van der Waals surface area contributed by atoms with E-state index in [2.05, 4.69) is 18.8 Å². The van der Waals surface area contributed by atoms with E-state index < -0.39 is 5.97 Å². The molecule has 5 heteroatoms. The van der Waals surface area contributed by atoms with Crippen LogP contribution in [0.5, 0.6) is 5.75 Å². The number of carbonyl (C=O) groups is 1. The number of ether oxygens (including phenoxy) is 2. The molecule has 1 fully saturated rings. The maximum absolute atomic E-state index is 12.5. The van der Waals surface area contributed by atoms with Gasteiger partial charge < -0.3 is 13.9 Å². The molecular weight excluding hydrogens is 294 g/mol. The van der Waals surface area contributed by atoms with Gasteiger partial charge in [0.15, 0.2) is 17.8 Å². The third-order valence-electron chi connectivity index (χ3n) is 4.09.